The summed E-state index contributed by atoms with van der Waals surface area (Å²) in [5.41, 5.74) is 1.20. The van der Waals surface area contributed by atoms with E-state index in [4.69, 9.17) is 0 Å². The Morgan fingerprint density at radius 3 is 2.38 bits per heavy atom. The Hall–Kier alpha value is -1.35. The number of hydrogen-bond donors (Lipinski definition) is 2. The van der Waals surface area contributed by atoms with Crippen molar-refractivity contribution in [2.45, 2.75) is 25.7 Å². The number of carbonyl (C=O) groups is 1. The summed E-state index contributed by atoms with van der Waals surface area (Å²) in [6.07, 6.45) is 0.585. The van der Waals surface area contributed by atoms with Gasteiger partial charge in [-0.1, -0.05) is 29.8 Å². The van der Waals surface area contributed by atoms with Gasteiger partial charge in [-0.15, -0.1) is 0 Å². The molecule has 0 heterocycles. The third kappa shape index (κ3) is 2.61. The zero-order valence-corrected chi connectivity index (χ0v) is 10.1. The lowest BCUT2D eigenvalue weighted by Gasteiger charge is -2.25. The topological polar surface area (TPSA) is 49.3 Å². The van der Waals surface area contributed by atoms with Crippen molar-refractivity contribution in [3.8, 4) is 0 Å². The van der Waals surface area contributed by atoms with Crippen LogP contribution >= 0.6 is 0 Å². The summed E-state index contributed by atoms with van der Waals surface area (Å²) in [7, 11) is 1.83. The Bertz CT molecular complexity index is 359. The second kappa shape index (κ2) is 5.12. The van der Waals surface area contributed by atoms with E-state index in [9.17, 15) is 9.90 Å². The monoisotopic (exact) mass is 221 g/mol. The Morgan fingerprint density at radius 2 is 1.94 bits per heavy atom. The number of aliphatic carboxylic acids is 1. The summed E-state index contributed by atoms with van der Waals surface area (Å²) >= 11 is 0. The molecule has 0 fully saturated rings. The molecule has 0 radical (unpaired) electrons. The SMILES string of the molecule is CNCCC(C)(C(=O)O)c1ccc(C)cc1. The van der Waals surface area contributed by atoms with Gasteiger partial charge in [-0.05, 0) is 39.4 Å². The van der Waals surface area contributed by atoms with Gasteiger partial charge in [0.15, 0.2) is 0 Å². The summed E-state index contributed by atoms with van der Waals surface area (Å²) in [4.78, 5) is 11.4. The first-order valence-electron chi connectivity index (χ1n) is 5.46. The highest BCUT2D eigenvalue weighted by atomic mass is 16.4. The molecule has 0 aliphatic heterocycles. The zero-order chi connectivity index (χ0) is 12.2. The van der Waals surface area contributed by atoms with E-state index in [1.165, 1.54) is 0 Å². The van der Waals surface area contributed by atoms with Crippen LogP contribution < -0.4 is 5.32 Å². The molecule has 0 bridgehead atoms. The Morgan fingerprint density at radius 1 is 1.38 bits per heavy atom. The quantitative estimate of drug-likeness (QED) is 0.799. The first-order chi connectivity index (χ1) is 7.50. The smallest absolute Gasteiger partial charge is 0.313 e. The Balaban J connectivity index is 3.01. The molecule has 2 N–H and O–H groups in total. The van der Waals surface area contributed by atoms with Gasteiger partial charge in [0.2, 0.25) is 0 Å². The number of nitrogens with one attached hydrogen (secondary N) is 1. The molecule has 1 aromatic carbocycles. The fraction of sp³-hybridized carbons (Fsp3) is 0.462. The first-order valence-corrected chi connectivity index (χ1v) is 5.46. The minimum atomic E-state index is -0.809. The normalized spacial score (nSPS) is 14.4. The summed E-state index contributed by atoms with van der Waals surface area (Å²) in [6, 6.07) is 7.71. The fourth-order valence-electron chi connectivity index (χ4n) is 1.67. The molecule has 16 heavy (non-hydrogen) atoms. The lowest BCUT2D eigenvalue weighted by molar-refractivity contribution is -0.143. The van der Waals surface area contributed by atoms with Crippen molar-refractivity contribution in [1.82, 2.24) is 5.32 Å². The highest BCUT2D eigenvalue weighted by molar-refractivity contribution is 5.80. The summed E-state index contributed by atoms with van der Waals surface area (Å²) in [5.74, 6) is -0.772. The highest BCUT2D eigenvalue weighted by Gasteiger charge is 2.34. The van der Waals surface area contributed by atoms with E-state index in [0.717, 1.165) is 11.1 Å². The lowest BCUT2D eigenvalue weighted by Crippen LogP contribution is -2.35. The number of aryl methyl sites for hydroxylation is 1. The molecule has 3 heteroatoms. The summed E-state index contributed by atoms with van der Waals surface area (Å²) in [6.45, 7) is 4.46. The van der Waals surface area contributed by atoms with Crippen LogP contribution in [0.2, 0.25) is 0 Å². The maximum Gasteiger partial charge on any atom is 0.313 e. The second-order valence-electron chi connectivity index (χ2n) is 4.36. The van der Waals surface area contributed by atoms with Gasteiger partial charge in [-0.25, -0.2) is 0 Å². The Kier molecular flexibility index (Phi) is 4.07. The molecule has 3 nitrogen and oxygen atoms in total. The molecular weight excluding hydrogens is 202 g/mol. The van der Waals surface area contributed by atoms with Crippen LogP contribution in [0, 0.1) is 6.92 Å². The molecule has 0 aliphatic rings. The molecule has 1 aromatic rings. The zero-order valence-electron chi connectivity index (χ0n) is 10.1. The largest absolute Gasteiger partial charge is 0.481 e. The number of benzene rings is 1. The molecule has 0 spiro atoms. The lowest BCUT2D eigenvalue weighted by atomic mass is 9.79. The van der Waals surface area contributed by atoms with Gasteiger partial charge in [0, 0.05) is 0 Å². The Labute approximate surface area is 96.5 Å². The van der Waals surface area contributed by atoms with Gasteiger partial charge < -0.3 is 10.4 Å². The standard InChI is InChI=1S/C13H19NO2/c1-10-4-6-11(7-5-10)13(2,12(15)16)8-9-14-3/h4-7,14H,8-9H2,1-3H3,(H,15,16). The minimum absolute atomic E-state index is 0.585. The van der Waals surface area contributed by atoms with Gasteiger partial charge >= 0.3 is 5.97 Å². The maximum atomic E-state index is 11.4. The van der Waals surface area contributed by atoms with Crippen molar-refractivity contribution in [2.75, 3.05) is 13.6 Å². The molecule has 0 saturated heterocycles. The van der Waals surface area contributed by atoms with E-state index < -0.39 is 11.4 Å². The van der Waals surface area contributed by atoms with Crippen molar-refractivity contribution in [3.05, 3.63) is 35.4 Å². The first kappa shape index (κ1) is 12.7. The molecule has 0 aliphatic carbocycles. The van der Waals surface area contributed by atoms with Gasteiger partial charge in [0.25, 0.3) is 0 Å². The third-order valence-electron chi connectivity index (χ3n) is 3.04. The molecule has 0 aromatic heterocycles. The van der Waals surface area contributed by atoms with Crippen LogP contribution in [0.15, 0.2) is 24.3 Å². The number of hydrogen-bond acceptors (Lipinski definition) is 2. The van der Waals surface area contributed by atoms with E-state index in [2.05, 4.69) is 5.32 Å². The van der Waals surface area contributed by atoms with E-state index in [1.807, 2.05) is 38.2 Å². The minimum Gasteiger partial charge on any atom is -0.481 e. The average Bonchev–Trinajstić information content (AvgIpc) is 2.26. The number of carboxylic acids is 1. The van der Waals surface area contributed by atoms with Crippen LogP contribution in [0.4, 0.5) is 0 Å². The van der Waals surface area contributed by atoms with Crippen molar-refractivity contribution in [1.29, 1.82) is 0 Å². The molecule has 1 atom stereocenters. The van der Waals surface area contributed by atoms with E-state index >= 15 is 0 Å². The van der Waals surface area contributed by atoms with Crippen LogP contribution in [0.25, 0.3) is 0 Å². The molecule has 0 saturated carbocycles. The van der Waals surface area contributed by atoms with Crippen molar-refractivity contribution >= 4 is 5.97 Å². The van der Waals surface area contributed by atoms with Crippen LogP contribution in [0.1, 0.15) is 24.5 Å². The predicted molar refractivity (Wildman–Crippen MR) is 64.7 cm³/mol. The van der Waals surface area contributed by atoms with Crippen LogP contribution in [0.3, 0.4) is 0 Å². The van der Waals surface area contributed by atoms with E-state index in [-0.39, 0.29) is 0 Å². The van der Waals surface area contributed by atoms with Crippen molar-refractivity contribution in [3.63, 3.8) is 0 Å². The van der Waals surface area contributed by atoms with Gasteiger partial charge in [-0.3, -0.25) is 4.79 Å². The van der Waals surface area contributed by atoms with Gasteiger partial charge in [0.1, 0.15) is 0 Å². The summed E-state index contributed by atoms with van der Waals surface area (Å²) < 4.78 is 0. The van der Waals surface area contributed by atoms with Crippen molar-refractivity contribution < 1.29 is 9.90 Å². The average molecular weight is 221 g/mol. The van der Waals surface area contributed by atoms with Crippen LogP contribution in [-0.2, 0) is 10.2 Å². The summed E-state index contributed by atoms with van der Waals surface area (Å²) in [5, 5.41) is 12.4. The maximum absolute atomic E-state index is 11.4. The highest BCUT2D eigenvalue weighted by Crippen LogP contribution is 2.27. The van der Waals surface area contributed by atoms with Crippen LogP contribution in [0.5, 0.6) is 0 Å². The van der Waals surface area contributed by atoms with E-state index in [1.54, 1.807) is 6.92 Å². The number of carboxylic acid groups (broad SMARTS) is 1. The van der Waals surface area contributed by atoms with Gasteiger partial charge in [0.05, 0.1) is 5.41 Å². The third-order valence-corrected chi connectivity index (χ3v) is 3.04. The van der Waals surface area contributed by atoms with Crippen LogP contribution in [-0.4, -0.2) is 24.7 Å². The molecule has 1 rings (SSSR count). The molecule has 1 unspecified atom stereocenters. The van der Waals surface area contributed by atoms with Crippen molar-refractivity contribution in [2.24, 2.45) is 0 Å². The van der Waals surface area contributed by atoms with Gasteiger partial charge in [-0.2, -0.15) is 0 Å². The predicted octanol–water partition coefficient (Wildman–Crippen LogP) is 1.95. The number of rotatable bonds is 5. The molecule has 88 valence electrons. The second-order valence-corrected chi connectivity index (χ2v) is 4.36. The molecule has 0 amide bonds. The fourth-order valence-corrected chi connectivity index (χ4v) is 1.67. The van der Waals surface area contributed by atoms with E-state index in [0.29, 0.717) is 13.0 Å². The molecular formula is C13H19NO2.